The highest BCUT2D eigenvalue weighted by Crippen LogP contribution is 2.35. The van der Waals surface area contributed by atoms with Gasteiger partial charge in [-0.2, -0.15) is 0 Å². The minimum Gasteiger partial charge on any atom is -0.331 e. The van der Waals surface area contributed by atoms with Crippen molar-refractivity contribution >= 4 is 28.9 Å². The number of para-hydroxylation sites is 1. The first-order valence-electron chi connectivity index (χ1n) is 6.65. The number of halogens is 1. The topological polar surface area (TPSA) is 32.3 Å². The summed E-state index contributed by atoms with van der Waals surface area (Å²) in [5.41, 5.74) is 2.60. The molecule has 0 saturated heterocycles. The van der Waals surface area contributed by atoms with Gasteiger partial charge >= 0.3 is 0 Å². The van der Waals surface area contributed by atoms with Crippen LogP contribution in [0.2, 0.25) is 5.02 Å². The molecule has 1 amide bonds. The van der Waals surface area contributed by atoms with Crippen molar-refractivity contribution in [1.29, 1.82) is 0 Å². The van der Waals surface area contributed by atoms with Crippen LogP contribution < -0.4 is 10.2 Å². The molecule has 1 heterocycles. The van der Waals surface area contributed by atoms with Gasteiger partial charge in [0.15, 0.2) is 0 Å². The zero-order valence-corrected chi connectivity index (χ0v) is 11.9. The monoisotopic (exact) mass is 286 g/mol. The number of amides is 1. The van der Waals surface area contributed by atoms with Gasteiger partial charge in [-0.15, -0.1) is 0 Å². The third kappa shape index (κ3) is 2.14. The summed E-state index contributed by atoms with van der Waals surface area (Å²) in [4.78, 5) is 14.3. The second kappa shape index (κ2) is 5.17. The fourth-order valence-corrected chi connectivity index (χ4v) is 2.75. The lowest BCUT2D eigenvalue weighted by atomic mass is 10.1. The van der Waals surface area contributed by atoms with Gasteiger partial charge < -0.3 is 10.2 Å². The minimum atomic E-state index is -0.0594. The van der Waals surface area contributed by atoms with E-state index in [1.165, 1.54) is 0 Å². The molecular formula is C16H15ClN2O. The highest BCUT2D eigenvalue weighted by molar-refractivity contribution is 6.30. The number of anilines is 2. The Morgan fingerprint density at radius 1 is 1.20 bits per heavy atom. The molecule has 3 nitrogen and oxygen atoms in total. The SMILES string of the molecule is CC[C@@H]1NC(=O)c2ccccc2N1c1cccc(Cl)c1. The van der Waals surface area contributed by atoms with Gasteiger partial charge in [-0.1, -0.05) is 36.7 Å². The van der Waals surface area contributed by atoms with Crippen LogP contribution in [0.25, 0.3) is 0 Å². The molecule has 2 aromatic rings. The van der Waals surface area contributed by atoms with Crippen molar-refractivity contribution < 1.29 is 4.79 Å². The molecule has 1 aliphatic rings. The molecule has 0 aromatic heterocycles. The van der Waals surface area contributed by atoms with Crippen molar-refractivity contribution in [3.05, 3.63) is 59.1 Å². The number of carbonyl (C=O) groups excluding carboxylic acids is 1. The Hall–Kier alpha value is -2.00. The van der Waals surface area contributed by atoms with Gasteiger partial charge in [0.1, 0.15) is 6.17 Å². The van der Waals surface area contributed by atoms with Crippen LogP contribution in [0.3, 0.4) is 0 Å². The van der Waals surface area contributed by atoms with Crippen molar-refractivity contribution in [3.8, 4) is 0 Å². The van der Waals surface area contributed by atoms with Gasteiger partial charge in [-0.3, -0.25) is 4.79 Å². The molecule has 1 N–H and O–H groups in total. The Morgan fingerprint density at radius 3 is 2.75 bits per heavy atom. The summed E-state index contributed by atoms with van der Waals surface area (Å²) in [5.74, 6) is -0.0225. The van der Waals surface area contributed by atoms with Gasteiger partial charge in [0.05, 0.1) is 11.3 Å². The molecule has 0 radical (unpaired) electrons. The number of fused-ring (bicyclic) bond motifs is 1. The number of carbonyl (C=O) groups is 1. The smallest absolute Gasteiger partial charge is 0.255 e. The zero-order valence-electron chi connectivity index (χ0n) is 11.1. The van der Waals surface area contributed by atoms with Crippen LogP contribution in [0.1, 0.15) is 23.7 Å². The van der Waals surface area contributed by atoms with Crippen molar-refractivity contribution in [3.63, 3.8) is 0 Å². The van der Waals surface area contributed by atoms with E-state index in [0.29, 0.717) is 10.6 Å². The van der Waals surface area contributed by atoms with E-state index in [1.54, 1.807) is 0 Å². The summed E-state index contributed by atoms with van der Waals surface area (Å²) in [6, 6.07) is 15.3. The predicted molar refractivity (Wildman–Crippen MR) is 81.6 cm³/mol. The lowest BCUT2D eigenvalue weighted by molar-refractivity contribution is 0.0929. The van der Waals surface area contributed by atoms with E-state index >= 15 is 0 Å². The number of benzene rings is 2. The van der Waals surface area contributed by atoms with Crippen molar-refractivity contribution in [2.45, 2.75) is 19.5 Å². The third-order valence-corrected chi connectivity index (χ3v) is 3.73. The molecular weight excluding hydrogens is 272 g/mol. The second-order valence-corrected chi connectivity index (χ2v) is 5.20. The van der Waals surface area contributed by atoms with E-state index in [9.17, 15) is 4.79 Å². The van der Waals surface area contributed by atoms with Crippen molar-refractivity contribution in [2.24, 2.45) is 0 Å². The van der Waals surface area contributed by atoms with E-state index in [0.717, 1.165) is 17.8 Å². The molecule has 0 spiro atoms. The quantitative estimate of drug-likeness (QED) is 0.906. The average Bonchev–Trinajstić information content (AvgIpc) is 2.47. The number of nitrogens with one attached hydrogen (secondary N) is 1. The van der Waals surface area contributed by atoms with Gasteiger partial charge in [0.2, 0.25) is 0 Å². The van der Waals surface area contributed by atoms with Crippen LogP contribution in [-0.4, -0.2) is 12.1 Å². The van der Waals surface area contributed by atoms with Gasteiger partial charge in [-0.05, 0) is 36.8 Å². The molecule has 0 fully saturated rings. The molecule has 0 saturated carbocycles. The molecule has 1 atom stereocenters. The highest BCUT2D eigenvalue weighted by Gasteiger charge is 2.30. The number of nitrogens with zero attached hydrogens (tertiary/aromatic N) is 1. The number of hydrogen-bond donors (Lipinski definition) is 1. The summed E-state index contributed by atoms with van der Waals surface area (Å²) >= 11 is 6.10. The first-order valence-corrected chi connectivity index (χ1v) is 7.03. The lowest BCUT2D eigenvalue weighted by Crippen LogP contribution is -2.50. The fourth-order valence-electron chi connectivity index (χ4n) is 2.57. The zero-order chi connectivity index (χ0) is 14.1. The summed E-state index contributed by atoms with van der Waals surface area (Å²) in [6.45, 7) is 2.05. The maximum absolute atomic E-state index is 12.1. The molecule has 3 rings (SSSR count). The maximum atomic E-state index is 12.1. The molecule has 0 bridgehead atoms. The van der Waals surface area contributed by atoms with Crippen molar-refractivity contribution in [1.82, 2.24) is 5.32 Å². The van der Waals surface area contributed by atoms with E-state index in [4.69, 9.17) is 11.6 Å². The summed E-state index contributed by atoms with van der Waals surface area (Å²) < 4.78 is 0. The van der Waals surface area contributed by atoms with E-state index < -0.39 is 0 Å². The van der Waals surface area contributed by atoms with Crippen LogP contribution in [-0.2, 0) is 0 Å². The van der Waals surface area contributed by atoms with Crippen LogP contribution >= 0.6 is 11.6 Å². The van der Waals surface area contributed by atoms with Crippen LogP contribution in [0.4, 0.5) is 11.4 Å². The third-order valence-electron chi connectivity index (χ3n) is 3.49. The average molecular weight is 287 g/mol. The molecule has 4 heteroatoms. The maximum Gasteiger partial charge on any atom is 0.255 e. The second-order valence-electron chi connectivity index (χ2n) is 4.76. The normalized spacial score (nSPS) is 17.6. The Bertz CT molecular complexity index is 656. The fraction of sp³-hybridized carbons (Fsp3) is 0.188. The standard InChI is InChI=1S/C16H15ClN2O/c1-2-15-18-16(20)13-8-3-4-9-14(13)19(15)12-7-5-6-11(17)10-12/h3-10,15H,2H2,1H3,(H,18,20)/t15-/m1/s1. The van der Waals surface area contributed by atoms with Crippen molar-refractivity contribution in [2.75, 3.05) is 4.90 Å². The van der Waals surface area contributed by atoms with Gasteiger partial charge in [-0.25, -0.2) is 0 Å². The van der Waals surface area contributed by atoms with Gasteiger partial charge in [0, 0.05) is 10.7 Å². The lowest BCUT2D eigenvalue weighted by Gasteiger charge is -2.38. The number of rotatable bonds is 2. The first kappa shape index (κ1) is 13.0. The van der Waals surface area contributed by atoms with E-state index in [-0.39, 0.29) is 12.1 Å². The molecule has 0 aliphatic carbocycles. The van der Waals surface area contributed by atoms with Gasteiger partial charge in [0.25, 0.3) is 5.91 Å². The summed E-state index contributed by atoms with van der Waals surface area (Å²) in [5, 5.41) is 3.72. The highest BCUT2D eigenvalue weighted by atomic mass is 35.5. The van der Waals surface area contributed by atoms with Crippen LogP contribution in [0.5, 0.6) is 0 Å². The Morgan fingerprint density at radius 2 is 2.00 bits per heavy atom. The molecule has 20 heavy (non-hydrogen) atoms. The first-order chi connectivity index (χ1) is 9.70. The van der Waals surface area contributed by atoms with E-state index in [1.807, 2.05) is 48.5 Å². The molecule has 1 aliphatic heterocycles. The van der Waals surface area contributed by atoms with E-state index in [2.05, 4.69) is 17.1 Å². The minimum absolute atomic E-state index is 0.0225. The summed E-state index contributed by atoms with van der Waals surface area (Å²) in [6.07, 6.45) is 0.753. The molecule has 2 aromatic carbocycles. The molecule has 0 unspecified atom stereocenters. The molecule has 102 valence electrons. The Kier molecular flexibility index (Phi) is 3.36. The Balaban J connectivity index is 2.16. The Labute approximate surface area is 123 Å². The number of hydrogen-bond acceptors (Lipinski definition) is 2. The van der Waals surface area contributed by atoms with Crippen LogP contribution in [0, 0.1) is 0 Å². The predicted octanol–water partition coefficient (Wildman–Crippen LogP) is 3.96. The largest absolute Gasteiger partial charge is 0.331 e. The summed E-state index contributed by atoms with van der Waals surface area (Å²) in [7, 11) is 0. The van der Waals surface area contributed by atoms with Crippen LogP contribution in [0.15, 0.2) is 48.5 Å².